The Morgan fingerprint density at radius 3 is 1.66 bits per heavy atom. The second kappa shape index (κ2) is 25.5. The summed E-state index contributed by atoms with van der Waals surface area (Å²) in [4.78, 5) is 64.1. The normalized spacial score (nSPS) is 12.9. The third kappa shape index (κ3) is 18.4. The number of carbonyl (C=O) groups excluding carboxylic acids is 5. The van der Waals surface area contributed by atoms with Gasteiger partial charge in [-0.15, -0.1) is 0 Å². The molecule has 0 spiro atoms. The monoisotopic (exact) mass is 660 g/mol. The Labute approximate surface area is 280 Å². The van der Waals surface area contributed by atoms with Gasteiger partial charge in [0.2, 0.25) is 23.6 Å². The van der Waals surface area contributed by atoms with Crippen molar-refractivity contribution in [3.05, 3.63) is 29.8 Å². The lowest BCUT2D eigenvalue weighted by Crippen LogP contribution is -2.56. The number of nitrogens with one attached hydrogen (secondary N) is 4. The molecule has 1 aromatic carbocycles. The van der Waals surface area contributed by atoms with Crippen LogP contribution >= 0.6 is 0 Å². The second-order valence-corrected chi connectivity index (χ2v) is 12.1. The number of rotatable bonds is 27. The molecule has 0 aromatic heterocycles. The van der Waals surface area contributed by atoms with Crippen LogP contribution in [0.4, 0.5) is 5.69 Å². The first-order valence-electron chi connectivity index (χ1n) is 17.4. The van der Waals surface area contributed by atoms with Gasteiger partial charge >= 0.3 is 0 Å². The van der Waals surface area contributed by atoms with E-state index in [0.29, 0.717) is 44.5 Å². The van der Waals surface area contributed by atoms with E-state index in [1.54, 1.807) is 24.3 Å². The molecule has 13 heteroatoms. The minimum atomic E-state index is -1.01. The molecule has 0 saturated heterocycles. The number of unbranched alkanes of at least 4 members (excludes halogenated alkanes) is 8. The van der Waals surface area contributed by atoms with Gasteiger partial charge in [0.1, 0.15) is 18.1 Å². The van der Waals surface area contributed by atoms with Crippen LogP contribution < -0.4 is 44.2 Å². The molecular formula is C34H60N8O5. The zero-order valence-corrected chi connectivity index (χ0v) is 28.3. The summed E-state index contributed by atoms with van der Waals surface area (Å²) in [6.45, 7) is 3.11. The minimum absolute atomic E-state index is 0.117. The zero-order chi connectivity index (χ0) is 34.9. The van der Waals surface area contributed by atoms with Crippen molar-refractivity contribution in [3.63, 3.8) is 0 Å². The summed E-state index contributed by atoms with van der Waals surface area (Å²) >= 11 is 0. The van der Waals surface area contributed by atoms with Crippen LogP contribution in [-0.2, 0) is 19.2 Å². The first kappa shape index (κ1) is 41.5. The lowest BCUT2D eigenvalue weighted by molar-refractivity contribution is -0.132. The first-order chi connectivity index (χ1) is 22.7. The molecule has 0 aliphatic carbocycles. The Morgan fingerprint density at radius 2 is 1.13 bits per heavy atom. The SMILES string of the molecule is CCCCCCCCCCCC(=O)Nc1cccc(C(=O)NC(CCCN)C(=O)NC(CCCN)C(=O)NC(CCCN)C(N)=O)c1. The molecular weight excluding hydrogens is 600 g/mol. The molecule has 13 nitrogen and oxygen atoms in total. The second-order valence-electron chi connectivity index (χ2n) is 12.1. The maximum absolute atomic E-state index is 13.4. The maximum Gasteiger partial charge on any atom is 0.252 e. The van der Waals surface area contributed by atoms with Crippen molar-refractivity contribution in [1.82, 2.24) is 16.0 Å². The van der Waals surface area contributed by atoms with Crippen molar-refractivity contribution in [2.75, 3.05) is 25.0 Å². The molecule has 0 aliphatic heterocycles. The predicted molar refractivity (Wildman–Crippen MR) is 186 cm³/mol. The number of benzene rings is 1. The molecule has 12 N–H and O–H groups in total. The van der Waals surface area contributed by atoms with Crippen LogP contribution in [0.2, 0.25) is 0 Å². The van der Waals surface area contributed by atoms with E-state index >= 15 is 0 Å². The van der Waals surface area contributed by atoms with Gasteiger partial charge in [-0.25, -0.2) is 0 Å². The largest absolute Gasteiger partial charge is 0.368 e. The fourth-order valence-electron chi connectivity index (χ4n) is 5.13. The number of carbonyl (C=O) groups is 5. The summed E-state index contributed by atoms with van der Waals surface area (Å²) < 4.78 is 0. The van der Waals surface area contributed by atoms with E-state index in [4.69, 9.17) is 22.9 Å². The number of amides is 5. The highest BCUT2D eigenvalue weighted by Crippen LogP contribution is 2.14. The summed E-state index contributed by atoms with van der Waals surface area (Å²) in [5.74, 6) is -2.50. The number of anilines is 1. The van der Waals surface area contributed by atoms with Gasteiger partial charge in [0, 0.05) is 17.7 Å². The standard InChI is InChI=1S/C34H60N8O5/c1-2-3-4-5-6-7-8-9-10-20-30(43)39-26-16-11-15-25(24-26)32(45)41-28(18-13-22-36)34(47)42-29(19-14-23-37)33(46)40-27(31(38)44)17-12-21-35/h11,15-16,24,27-29H,2-10,12-14,17-23,35-37H2,1H3,(H2,38,44)(H,39,43)(H,40,46)(H,41,45)(H,42,47). The Bertz CT molecular complexity index is 1090. The van der Waals surface area contributed by atoms with Gasteiger partial charge in [-0.2, -0.15) is 0 Å². The van der Waals surface area contributed by atoms with Crippen LogP contribution in [0.25, 0.3) is 0 Å². The fourth-order valence-corrected chi connectivity index (χ4v) is 5.13. The number of hydrogen-bond donors (Lipinski definition) is 8. The highest BCUT2D eigenvalue weighted by Gasteiger charge is 2.29. The van der Waals surface area contributed by atoms with Gasteiger partial charge in [-0.05, 0) is 82.8 Å². The smallest absolute Gasteiger partial charge is 0.252 e. The summed E-state index contributed by atoms with van der Waals surface area (Å²) in [5, 5.41) is 10.9. The average Bonchev–Trinajstić information content (AvgIpc) is 3.05. The van der Waals surface area contributed by atoms with Gasteiger partial charge in [0.05, 0.1) is 0 Å². The van der Waals surface area contributed by atoms with E-state index in [-0.39, 0.29) is 37.3 Å². The van der Waals surface area contributed by atoms with Gasteiger partial charge in [0.25, 0.3) is 5.91 Å². The van der Waals surface area contributed by atoms with Crippen molar-refractivity contribution in [2.45, 2.75) is 128 Å². The maximum atomic E-state index is 13.4. The van der Waals surface area contributed by atoms with Gasteiger partial charge in [-0.1, -0.05) is 64.4 Å². The Kier molecular flexibility index (Phi) is 22.5. The van der Waals surface area contributed by atoms with Crippen molar-refractivity contribution < 1.29 is 24.0 Å². The van der Waals surface area contributed by atoms with Crippen LogP contribution in [0.3, 0.4) is 0 Å². The van der Waals surface area contributed by atoms with Crippen LogP contribution in [0.1, 0.15) is 120 Å². The number of nitrogens with two attached hydrogens (primary N) is 4. The Morgan fingerprint density at radius 1 is 0.638 bits per heavy atom. The van der Waals surface area contributed by atoms with E-state index in [0.717, 1.165) is 19.3 Å². The third-order valence-electron chi connectivity index (χ3n) is 7.92. The quantitative estimate of drug-likeness (QED) is 0.0650. The van der Waals surface area contributed by atoms with Gasteiger partial charge in [0.15, 0.2) is 0 Å². The summed E-state index contributed by atoms with van der Waals surface area (Å²) in [6, 6.07) is 3.58. The molecule has 0 fully saturated rings. The first-order valence-corrected chi connectivity index (χ1v) is 17.4. The number of hydrogen-bond acceptors (Lipinski definition) is 8. The average molecular weight is 661 g/mol. The molecule has 0 heterocycles. The molecule has 3 atom stereocenters. The molecule has 0 aliphatic rings. The molecule has 1 rings (SSSR count). The highest BCUT2D eigenvalue weighted by atomic mass is 16.2. The van der Waals surface area contributed by atoms with Crippen molar-refractivity contribution >= 4 is 35.2 Å². The number of primary amides is 1. The van der Waals surface area contributed by atoms with E-state index in [9.17, 15) is 24.0 Å². The van der Waals surface area contributed by atoms with Crippen LogP contribution in [-0.4, -0.2) is 67.3 Å². The predicted octanol–water partition coefficient (Wildman–Crippen LogP) is 2.32. The van der Waals surface area contributed by atoms with Gasteiger partial charge in [-0.3, -0.25) is 24.0 Å². The van der Waals surface area contributed by atoms with E-state index in [1.807, 2.05) is 0 Å². The highest BCUT2D eigenvalue weighted by molar-refractivity contribution is 6.00. The minimum Gasteiger partial charge on any atom is -0.368 e. The fraction of sp³-hybridized carbons (Fsp3) is 0.676. The van der Waals surface area contributed by atoms with Crippen molar-refractivity contribution in [2.24, 2.45) is 22.9 Å². The molecule has 0 radical (unpaired) electrons. The van der Waals surface area contributed by atoms with Gasteiger partial charge < -0.3 is 44.2 Å². The molecule has 47 heavy (non-hydrogen) atoms. The molecule has 266 valence electrons. The molecule has 1 aromatic rings. The van der Waals surface area contributed by atoms with E-state index in [2.05, 4.69) is 28.2 Å². The van der Waals surface area contributed by atoms with Crippen molar-refractivity contribution in [3.8, 4) is 0 Å². The lowest BCUT2D eigenvalue weighted by Gasteiger charge is -2.25. The summed E-state index contributed by atoms with van der Waals surface area (Å²) in [6.07, 6.45) is 12.9. The Hall–Kier alpha value is -3.55. The van der Waals surface area contributed by atoms with E-state index in [1.165, 1.54) is 38.5 Å². The molecule has 0 bridgehead atoms. The zero-order valence-electron chi connectivity index (χ0n) is 28.3. The van der Waals surface area contributed by atoms with E-state index < -0.39 is 41.8 Å². The van der Waals surface area contributed by atoms with Crippen molar-refractivity contribution in [1.29, 1.82) is 0 Å². The molecule has 5 amide bonds. The topological polar surface area (TPSA) is 238 Å². The third-order valence-corrected chi connectivity index (χ3v) is 7.92. The molecule has 0 saturated carbocycles. The lowest BCUT2D eigenvalue weighted by atomic mass is 10.1. The van der Waals surface area contributed by atoms with Crippen LogP contribution in [0, 0.1) is 0 Å². The summed E-state index contributed by atoms with van der Waals surface area (Å²) in [7, 11) is 0. The Balaban J connectivity index is 2.80. The van der Waals surface area contributed by atoms with Crippen LogP contribution in [0.5, 0.6) is 0 Å². The van der Waals surface area contributed by atoms with Crippen LogP contribution in [0.15, 0.2) is 24.3 Å². The summed E-state index contributed by atoms with van der Waals surface area (Å²) in [5.41, 5.74) is 23.1. The molecule has 3 unspecified atom stereocenters.